The maximum absolute atomic E-state index is 12.6. The van der Waals surface area contributed by atoms with Gasteiger partial charge in [-0.05, 0) is 55.1 Å². The first-order chi connectivity index (χ1) is 15.0. The van der Waals surface area contributed by atoms with E-state index in [4.69, 9.17) is 5.26 Å². The Morgan fingerprint density at radius 1 is 1.03 bits per heavy atom. The van der Waals surface area contributed by atoms with E-state index in [1.54, 1.807) is 11.2 Å². The molecule has 0 aliphatic carbocycles. The van der Waals surface area contributed by atoms with Gasteiger partial charge < -0.3 is 5.11 Å². The molecule has 0 aromatic heterocycles. The van der Waals surface area contributed by atoms with Crippen LogP contribution >= 0.6 is 0 Å². The normalized spacial score (nSPS) is 25.0. The second-order valence-electron chi connectivity index (χ2n) is 8.36. The molecule has 7 heteroatoms. The van der Waals surface area contributed by atoms with Crippen LogP contribution in [-0.4, -0.2) is 66.8 Å². The molecule has 0 amide bonds. The summed E-state index contributed by atoms with van der Waals surface area (Å²) in [6.45, 7) is 3.72. The zero-order chi connectivity index (χ0) is 22.0. The third-order valence-electron chi connectivity index (χ3n) is 6.73. The van der Waals surface area contributed by atoms with Gasteiger partial charge in [0.2, 0.25) is 10.0 Å². The van der Waals surface area contributed by atoms with E-state index in [2.05, 4.69) is 35.2 Å². The molecular weight excluding hydrogens is 410 g/mol. The topological polar surface area (TPSA) is 84.6 Å². The van der Waals surface area contributed by atoms with Crippen molar-refractivity contribution < 1.29 is 13.5 Å². The van der Waals surface area contributed by atoms with Gasteiger partial charge in [0, 0.05) is 31.1 Å². The van der Waals surface area contributed by atoms with Crippen LogP contribution in [0, 0.1) is 11.3 Å². The molecule has 2 fully saturated rings. The number of aliphatic hydroxyl groups is 1. The van der Waals surface area contributed by atoms with Crippen LogP contribution in [-0.2, 0) is 10.0 Å². The van der Waals surface area contributed by atoms with Gasteiger partial charge in [-0.2, -0.15) is 5.26 Å². The van der Waals surface area contributed by atoms with Crippen molar-refractivity contribution in [2.24, 2.45) is 0 Å². The summed E-state index contributed by atoms with van der Waals surface area (Å²) in [6.07, 6.45) is 1.79. The first-order valence-electron chi connectivity index (χ1n) is 10.9. The SMILES string of the molecule is CCS(=O)(=O)N1CCCCN2[C@H](CO)[C@H](c3ccc(-c4ccc(C#N)cc4)cc3)[C@H]2C1. The number of benzene rings is 2. The van der Waals surface area contributed by atoms with E-state index in [-0.39, 0.29) is 30.4 Å². The van der Waals surface area contributed by atoms with Gasteiger partial charge in [0.1, 0.15) is 0 Å². The van der Waals surface area contributed by atoms with Crippen molar-refractivity contribution in [3.05, 3.63) is 59.7 Å². The predicted octanol–water partition coefficient (Wildman–Crippen LogP) is 2.80. The summed E-state index contributed by atoms with van der Waals surface area (Å²) in [4.78, 5) is 2.29. The number of hydrogen-bond acceptors (Lipinski definition) is 5. The molecular formula is C24H29N3O3S. The summed E-state index contributed by atoms with van der Waals surface area (Å²) in [5.41, 5.74) is 3.88. The van der Waals surface area contributed by atoms with E-state index in [1.807, 2.05) is 24.3 Å². The summed E-state index contributed by atoms with van der Waals surface area (Å²) >= 11 is 0. The predicted molar refractivity (Wildman–Crippen MR) is 121 cm³/mol. The highest BCUT2D eigenvalue weighted by Gasteiger charge is 2.49. The highest BCUT2D eigenvalue weighted by Crippen LogP contribution is 2.42. The number of aliphatic hydroxyl groups excluding tert-OH is 1. The molecule has 2 aromatic carbocycles. The molecule has 0 unspecified atom stereocenters. The molecule has 2 aliphatic rings. The van der Waals surface area contributed by atoms with Crippen molar-refractivity contribution >= 4 is 10.0 Å². The van der Waals surface area contributed by atoms with Gasteiger partial charge in [0.05, 0.1) is 24.0 Å². The molecule has 2 heterocycles. The van der Waals surface area contributed by atoms with Crippen LogP contribution < -0.4 is 0 Å². The number of rotatable bonds is 5. The lowest BCUT2D eigenvalue weighted by molar-refractivity contribution is -0.0553. The molecule has 0 saturated carbocycles. The standard InChI is InChI=1S/C24H29N3O3S/c1-2-31(29,30)26-13-3-4-14-27-22(16-26)24(23(27)17-28)21-11-9-20(10-12-21)19-7-5-18(15-25)6-8-19/h5-12,22-24,28H,2-4,13-14,16-17H2,1H3/t22-,23-,24-/m1/s1. The van der Waals surface area contributed by atoms with Crippen LogP contribution in [0.5, 0.6) is 0 Å². The summed E-state index contributed by atoms with van der Waals surface area (Å²) in [7, 11) is -3.24. The summed E-state index contributed by atoms with van der Waals surface area (Å²) < 4.78 is 26.8. The molecule has 0 bridgehead atoms. The van der Waals surface area contributed by atoms with Crippen LogP contribution in [0.15, 0.2) is 48.5 Å². The smallest absolute Gasteiger partial charge is 0.213 e. The van der Waals surface area contributed by atoms with Crippen LogP contribution in [0.1, 0.15) is 36.8 Å². The van der Waals surface area contributed by atoms with Crippen molar-refractivity contribution in [1.29, 1.82) is 5.26 Å². The molecule has 4 rings (SSSR count). The van der Waals surface area contributed by atoms with Gasteiger partial charge in [-0.15, -0.1) is 0 Å². The molecule has 2 aliphatic heterocycles. The fourth-order valence-electron chi connectivity index (χ4n) is 4.98. The molecule has 0 radical (unpaired) electrons. The van der Waals surface area contributed by atoms with Gasteiger partial charge in [-0.1, -0.05) is 36.4 Å². The Labute approximate surface area is 184 Å². The van der Waals surface area contributed by atoms with Gasteiger partial charge in [0.25, 0.3) is 0 Å². The summed E-state index contributed by atoms with van der Waals surface area (Å²) in [6, 6.07) is 18.1. The minimum atomic E-state index is -3.24. The van der Waals surface area contributed by atoms with Gasteiger partial charge in [0.15, 0.2) is 0 Å². The molecule has 164 valence electrons. The van der Waals surface area contributed by atoms with Crippen molar-refractivity contribution in [3.8, 4) is 17.2 Å². The first-order valence-corrected chi connectivity index (χ1v) is 12.5. The van der Waals surface area contributed by atoms with E-state index in [9.17, 15) is 13.5 Å². The third kappa shape index (κ3) is 4.26. The maximum atomic E-state index is 12.6. The fourth-order valence-corrected chi connectivity index (χ4v) is 6.13. The monoisotopic (exact) mass is 439 g/mol. The molecule has 31 heavy (non-hydrogen) atoms. The van der Waals surface area contributed by atoms with Gasteiger partial charge >= 0.3 is 0 Å². The fraction of sp³-hybridized carbons (Fsp3) is 0.458. The van der Waals surface area contributed by atoms with E-state index in [0.717, 1.165) is 36.1 Å². The number of fused-ring (bicyclic) bond motifs is 1. The summed E-state index contributed by atoms with van der Waals surface area (Å²) in [5.74, 6) is 0.222. The maximum Gasteiger partial charge on any atom is 0.213 e. The van der Waals surface area contributed by atoms with Crippen LogP contribution in [0.2, 0.25) is 0 Å². The lowest BCUT2D eigenvalue weighted by atomic mass is 9.74. The van der Waals surface area contributed by atoms with Crippen molar-refractivity contribution in [3.63, 3.8) is 0 Å². The van der Waals surface area contributed by atoms with E-state index >= 15 is 0 Å². The Hall–Kier alpha value is -2.24. The highest BCUT2D eigenvalue weighted by atomic mass is 32.2. The van der Waals surface area contributed by atoms with Crippen LogP contribution in [0.25, 0.3) is 11.1 Å². The van der Waals surface area contributed by atoms with Gasteiger partial charge in [-0.25, -0.2) is 12.7 Å². The van der Waals surface area contributed by atoms with Crippen molar-refractivity contribution in [1.82, 2.24) is 9.21 Å². The summed E-state index contributed by atoms with van der Waals surface area (Å²) in [5, 5.41) is 19.1. The third-order valence-corrected chi connectivity index (χ3v) is 8.58. The zero-order valence-electron chi connectivity index (χ0n) is 17.8. The Bertz CT molecular complexity index is 1040. The van der Waals surface area contributed by atoms with Crippen LogP contribution in [0.4, 0.5) is 0 Å². The van der Waals surface area contributed by atoms with E-state index in [1.165, 1.54) is 0 Å². The molecule has 1 N–H and O–H groups in total. The lowest BCUT2D eigenvalue weighted by Gasteiger charge is -2.57. The molecule has 2 saturated heterocycles. The van der Waals surface area contributed by atoms with Crippen molar-refractivity contribution in [2.45, 2.75) is 37.8 Å². The first kappa shape index (κ1) is 22.0. The number of nitrogens with zero attached hydrogens (tertiary/aromatic N) is 3. The van der Waals surface area contributed by atoms with Gasteiger partial charge in [-0.3, -0.25) is 4.90 Å². The Morgan fingerprint density at radius 2 is 1.65 bits per heavy atom. The minimum absolute atomic E-state index is 0.0232. The van der Waals surface area contributed by atoms with E-state index in [0.29, 0.717) is 18.7 Å². The second kappa shape index (κ2) is 9.09. The quantitative estimate of drug-likeness (QED) is 0.774. The Balaban J connectivity index is 1.58. The molecule has 6 nitrogen and oxygen atoms in total. The van der Waals surface area contributed by atoms with Crippen molar-refractivity contribution in [2.75, 3.05) is 32.0 Å². The Morgan fingerprint density at radius 3 is 2.23 bits per heavy atom. The lowest BCUT2D eigenvalue weighted by Crippen LogP contribution is -2.67. The molecule has 3 atom stereocenters. The zero-order valence-corrected chi connectivity index (χ0v) is 18.6. The highest BCUT2D eigenvalue weighted by molar-refractivity contribution is 7.89. The largest absolute Gasteiger partial charge is 0.395 e. The second-order valence-corrected chi connectivity index (χ2v) is 10.6. The van der Waals surface area contributed by atoms with E-state index < -0.39 is 10.0 Å². The molecule has 0 spiro atoms. The number of nitriles is 1. The average Bonchev–Trinajstić information content (AvgIpc) is 2.78. The average molecular weight is 440 g/mol. The molecule has 2 aromatic rings. The van der Waals surface area contributed by atoms with Crippen LogP contribution in [0.3, 0.4) is 0 Å². The number of sulfonamides is 1. The number of hydrogen-bond donors (Lipinski definition) is 1. The minimum Gasteiger partial charge on any atom is -0.395 e. The Kier molecular flexibility index (Phi) is 6.44.